The van der Waals surface area contributed by atoms with E-state index in [9.17, 15) is 9.50 Å². The zero-order valence-electron chi connectivity index (χ0n) is 15.1. The molecule has 4 rings (SSSR count). The van der Waals surface area contributed by atoms with Gasteiger partial charge in [-0.05, 0) is 64.6 Å². The Hall–Kier alpha value is -1.50. The summed E-state index contributed by atoms with van der Waals surface area (Å²) in [6.07, 6.45) is 4.02. The van der Waals surface area contributed by atoms with Crippen molar-refractivity contribution in [2.75, 3.05) is 0 Å². The molecule has 0 amide bonds. The quantitative estimate of drug-likeness (QED) is 0.852. The minimum absolute atomic E-state index is 0.298. The van der Waals surface area contributed by atoms with Gasteiger partial charge in [-0.2, -0.15) is 0 Å². The molecule has 2 aromatic rings. The molecule has 2 aliphatic rings. The van der Waals surface area contributed by atoms with Gasteiger partial charge in [0.1, 0.15) is 11.3 Å². The lowest BCUT2D eigenvalue weighted by Crippen LogP contribution is -2.41. The molecule has 1 N–H and O–H groups in total. The minimum Gasteiger partial charge on any atom is -0.399 e. The predicted octanol–water partition coefficient (Wildman–Crippen LogP) is 3.04. The molecule has 2 fully saturated rings. The maximum Gasteiger partial charge on any atom is 0.494 e. The molecule has 0 spiro atoms. The second-order valence-corrected chi connectivity index (χ2v) is 8.27. The summed E-state index contributed by atoms with van der Waals surface area (Å²) in [5.74, 6) is -0.408. The van der Waals surface area contributed by atoms with Crippen LogP contribution in [-0.4, -0.2) is 28.4 Å². The van der Waals surface area contributed by atoms with Crippen molar-refractivity contribution in [3.05, 3.63) is 35.8 Å². The molecule has 0 bridgehead atoms. The zero-order chi connectivity index (χ0) is 18.0. The van der Waals surface area contributed by atoms with Crippen LogP contribution >= 0.6 is 0 Å². The lowest BCUT2D eigenvalue weighted by Gasteiger charge is -2.36. The first-order chi connectivity index (χ1) is 11.6. The van der Waals surface area contributed by atoms with Crippen molar-refractivity contribution < 1.29 is 18.8 Å². The molecule has 1 saturated heterocycles. The summed E-state index contributed by atoms with van der Waals surface area (Å²) in [6.45, 7) is 7.87. The molecule has 1 aromatic heterocycles. The number of rotatable bonds is 2. The van der Waals surface area contributed by atoms with Crippen LogP contribution in [0.4, 0.5) is 4.39 Å². The molecule has 0 unspecified atom stereocenters. The summed E-state index contributed by atoms with van der Waals surface area (Å²) >= 11 is 0. The third-order valence-electron chi connectivity index (χ3n) is 6.00. The number of aromatic nitrogens is 1. The van der Waals surface area contributed by atoms with Gasteiger partial charge in [0.05, 0.1) is 16.8 Å². The number of fused-ring (bicyclic) bond motifs is 1. The predicted molar refractivity (Wildman–Crippen MR) is 95.2 cm³/mol. The van der Waals surface area contributed by atoms with Crippen LogP contribution < -0.4 is 5.46 Å². The lowest BCUT2D eigenvalue weighted by atomic mass is 9.75. The maximum absolute atomic E-state index is 14.6. The molecule has 1 aromatic carbocycles. The van der Waals surface area contributed by atoms with Crippen LogP contribution in [-0.2, 0) is 14.9 Å². The van der Waals surface area contributed by atoms with E-state index in [4.69, 9.17) is 9.31 Å². The molecule has 1 aliphatic carbocycles. The second-order valence-electron chi connectivity index (χ2n) is 8.27. The number of aliphatic hydroxyl groups is 1. The van der Waals surface area contributed by atoms with Gasteiger partial charge in [-0.3, -0.25) is 4.98 Å². The molecule has 0 radical (unpaired) electrons. The monoisotopic (exact) mass is 343 g/mol. The minimum atomic E-state index is -0.821. The van der Waals surface area contributed by atoms with E-state index in [1.807, 2.05) is 39.8 Å². The van der Waals surface area contributed by atoms with Crippen LogP contribution in [0, 0.1) is 5.82 Å². The third-order valence-corrected chi connectivity index (χ3v) is 6.00. The molecule has 1 saturated carbocycles. The number of hydrogen-bond donors (Lipinski definition) is 1. The van der Waals surface area contributed by atoms with Gasteiger partial charge in [0.2, 0.25) is 0 Å². The van der Waals surface area contributed by atoms with Crippen molar-refractivity contribution in [2.24, 2.45) is 0 Å². The van der Waals surface area contributed by atoms with E-state index in [1.54, 1.807) is 6.20 Å². The summed E-state index contributed by atoms with van der Waals surface area (Å²) in [5.41, 5.74) is -0.112. The Bertz CT molecular complexity index is 832. The number of halogens is 1. The van der Waals surface area contributed by atoms with Crippen molar-refractivity contribution in [2.45, 2.75) is 63.8 Å². The number of benzene rings is 1. The van der Waals surface area contributed by atoms with Crippen molar-refractivity contribution in [3.63, 3.8) is 0 Å². The molecular weight excluding hydrogens is 320 g/mol. The molecular formula is C19H23BFNO3. The van der Waals surface area contributed by atoms with Gasteiger partial charge in [-0.1, -0.05) is 6.07 Å². The summed E-state index contributed by atoms with van der Waals surface area (Å²) in [7, 11) is -0.626. The topological polar surface area (TPSA) is 51.6 Å². The van der Waals surface area contributed by atoms with Crippen LogP contribution in [0.15, 0.2) is 24.4 Å². The molecule has 132 valence electrons. The number of hydrogen-bond acceptors (Lipinski definition) is 4. The van der Waals surface area contributed by atoms with E-state index < -0.39 is 29.7 Å². The van der Waals surface area contributed by atoms with Crippen molar-refractivity contribution in [1.82, 2.24) is 4.98 Å². The first-order valence-corrected chi connectivity index (χ1v) is 8.79. The highest BCUT2D eigenvalue weighted by molar-refractivity contribution is 6.62. The van der Waals surface area contributed by atoms with E-state index in [-0.39, 0.29) is 0 Å². The normalized spacial score (nSPS) is 23.7. The Morgan fingerprint density at radius 3 is 2.28 bits per heavy atom. The Labute approximate surface area is 147 Å². The van der Waals surface area contributed by atoms with E-state index in [2.05, 4.69) is 4.98 Å². The summed E-state index contributed by atoms with van der Waals surface area (Å²) in [5, 5.41) is 11.2. The molecule has 0 atom stereocenters. The largest absolute Gasteiger partial charge is 0.494 e. The van der Waals surface area contributed by atoms with E-state index in [1.165, 1.54) is 6.07 Å². The second kappa shape index (κ2) is 5.25. The standard InChI is InChI=1S/C19H23BFNO3/c1-17(2)18(3,4)25-20(24-17)14-9-12-8-13(19(23)6-5-7-19)11-22-16(12)15(21)10-14/h8-11,23H,5-7H2,1-4H3. The summed E-state index contributed by atoms with van der Waals surface area (Å²) in [4.78, 5) is 4.24. The highest BCUT2D eigenvalue weighted by Crippen LogP contribution is 2.41. The van der Waals surface area contributed by atoms with E-state index in [0.29, 0.717) is 16.4 Å². The van der Waals surface area contributed by atoms with Crippen molar-refractivity contribution >= 4 is 23.5 Å². The van der Waals surface area contributed by atoms with Crippen LogP contribution in [0.25, 0.3) is 10.9 Å². The van der Waals surface area contributed by atoms with Crippen molar-refractivity contribution in [3.8, 4) is 0 Å². The fraction of sp³-hybridized carbons (Fsp3) is 0.526. The SMILES string of the molecule is CC1(C)OB(c2cc(F)c3ncc(C4(O)CCC4)cc3c2)OC1(C)C. The van der Waals surface area contributed by atoms with Gasteiger partial charge < -0.3 is 14.4 Å². The molecule has 25 heavy (non-hydrogen) atoms. The van der Waals surface area contributed by atoms with Crippen LogP contribution in [0.3, 0.4) is 0 Å². The molecule has 1 aliphatic heterocycles. The fourth-order valence-corrected chi connectivity index (χ4v) is 3.40. The smallest absolute Gasteiger partial charge is 0.399 e. The van der Waals surface area contributed by atoms with Crippen LogP contribution in [0.5, 0.6) is 0 Å². The summed E-state index contributed by atoms with van der Waals surface area (Å²) < 4.78 is 26.6. The Balaban J connectivity index is 1.76. The fourth-order valence-electron chi connectivity index (χ4n) is 3.40. The van der Waals surface area contributed by atoms with Crippen LogP contribution in [0.2, 0.25) is 0 Å². The lowest BCUT2D eigenvalue weighted by molar-refractivity contribution is -0.0389. The average molecular weight is 343 g/mol. The van der Waals surface area contributed by atoms with E-state index in [0.717, 1.165) is 24.8 Å². The zero-order valence-corrected chi connectivity index (χ0v) is 15.1. The van der Waals surface area contributed by atoms with Gasteiger partial charge in [0.15, 0.2) is 0 Å². The van der Waals surface area contributed by atoms with Gasteiger partial charge in [0, 0.05) is 17.1 Å². The Morgan fingerprint density at radius 1 is 1.08 bits per heavy atom. The van der Waals surface area contributed by atoms with Crippen molar-refractivity contribution in [1.29, 1.82) is 0 Å². The maximum atomic E-state index is 14.6. The van der Waals surface area contributed by atoms with Gasteiger partial charge in [-0.15, -0.1) is 0 Å². The average Bonchev–Trinajstić information content (AvgIpc) is 2.72. The first kappa shape index (κ1) is 16.9. The summed E-state index contributed by atoms with van der Waals surface area (Å²) in [6, 6.07) is 5.10. The number of nitrogens with zero attached hydrogens (tertiary/aromatic N) is 1. The molecule has 4 nitrogen and oxygen atoms in total. The Morgan fingerprint density at radius 2 is 1.72 bits per heavy atom. The molecule has 2 heterocycles. The van der Waals surface area contributed by atoms with Gasteiger partial charge in [-0.25, -0.2) is 4.39 Å². The van der Waals surface area contributed by atoms with Gasteiger partial charge in [0.25, 0.3) is 0 Å². The highest BCUT2D eigenvalue weighted by atomic mass is 19.1. The number of pyridine rings is 1. The van der Waals surface area contributed by atoms with Gasteiger partial charge >= 0.3 is 7.12 Å². The Kier molecular flexibility index (Phi) is 3.56. The third kappa shape index (κ3) is 2.58. The van der Waals surface area contributed by atoms with Crippen LogP contribution in [0.1, 0.15) is 52.5 Å². The first-order valence-electron chi connectivity index (χ1n) is 8.79. The molecule has 6 heteroatoms. The highest BCUT2D eigenvalue weighted by Gasteiger charge is 2.51. The van der Waals surface area contributed by atoms with E-state index >= 15 is 0 Å².